The minimum absolute atomic E-state index is 0.306. The summed E-state index contributed by atoms with van der Waals surface area (Å²) in [5.74, 6) is 0.874. The van der Waals surface area contributed by atoms with Gasteiger partial charge in [-0.1, -0.05) is 13.5 Å². The number of hydroxylamine groups is 2. The van der Waals surface area contributed by atoms with Crippen LogP contribution in [-0.2, 0) is 26.3 Å². The van der Waals surface area contributed by atoms with Crippen LogP contribution in [0.25, 0.3) is 0 Å². The number of fused-ring (bicyclic) bond motifs is 3. The maximum atomic E-state index is 12.7. The molecule has 0 bridgehead atoms. The van der Waals surface area contributed by atoms with Gasteiger partial charge in [0.15, 0.2) is 11.5 Å². The Hall–Kier alpha value is -2.21. The van der Waals surface area contributed by atoms with Crippen LogP contribution in [0.15, 0.2) is 24.5 Å². The molecule has 3 rings (SSSR count). The zero-order chi connectivity index (χ0) is 18.2. The summed E-state index contributed by atoms with van der Waals surface area (Å²) in [7, 11) is 3.23. The molecule has 1 aromatic carbocycles. The second-order valence-electron chi connectivity index (χ2n) is 6.24. The predicted molar refractivity (Wildman–Crippen MR) is 92.3 cm³/mol. The van der Waals surface area contributed by atoms with Gasteiger partial charge in [-0.3, -0.25) is 4.79 Å². The number of ether oxygens (including phenoxy) is 3. The van der Waals surface area contributed by atoms with Gasteiger partial charge in [0.25, 0.3) is 0 Å². The van der Waals surface area contributed by atoms with Crippen molar-refractivity contribution in [2.75, 3.05) is 27.4 Å². The fourth-order valence-electron chi connectivity index (χ4n) is 4.10. The van der Waals surface area contributed by atoms with E-state index >= 15 is 0 Å². The molecule has 2 aliphatic rings. The molecule has 0 aromatic heterocycles. The number of nitrogens with zero attached hydrogens (tertiary/aromatic N) is 1. The second-order valence-corrected chi connectivity index (χ2v) is 6.24. The average Bonchev–Trinajstić information content (AvgIpc) is 2.93. The number of hydrogen-bond donors (Lipinski definition) is 0. The molecule has 0 radical (unpaired) electrons. The highest BCUT2D eigenvalue weighted by molar-refractivity contribution is 5.78. The molecule has 25 heavy (non-hydrogen) atoms. The molecule has 136 valence electrons. The molecule has 0 saturated carbocycles. The van der Waals surface area contributed by atoms with Gasteiger partial charge in [0.05, 0.1) is 20.8 Å². The van der Waals surface area contributed by atoms with E-state index in [0.29, 0.717) is 36.8 Å². The standard InChI is InChI=1S/C19H25NO5/c1-6-19-14-11-16(23-5)15(22-4)10-13(14)8-9-20(19)25-12(3)17(19)18(21)24-7-2/h10-11,17H,3,6-9H2,1-2,4-5H3. The first-order valence-electron chi connectivity index (χ1n) is 8.59. The molecule has 2 unspecified atom stereocenters. The summed E-state index contributed by atoms with van der Waals surface area (Å²) >= 11 is 0. The third kappa shape index (κ3) is 2.47. The molecule has 6 nitrogen and oxygen atoms in total. The summed E-state index contributed by atoms with van der Waals surface area (Å²) in [6, 6.07) is 3.95. The van der Waals surface area contributed by atoms with Gasteiger partial charge in [0, 0.05) is 6.54 Å². The monoisotopic (exact) mass is 347 g/mol. The van der Waals surface area contributed by atoms with Crippen LogP contribution in [0.3, 0.4) is 0 Å². The lowest BCUT2D eigenvalue weighted by atomic mass is 9.71. The summed E-state index contributed by atoms with van der Waals surface area (Å²) < 4.78 is 16.2. The van der Waals surface area contributed by atoms with Gasteiger partial charge in [-0.15, -0.1) is 5.06 Å². The van der Waals surface area contributed by atoms with Crippen molar-refractivity contribution in [2.24, 2.45) is 5.92 Å². The molecule has 0 aliphatic carbocycles. The average molecular weight is 347 g/mol. The Morgan fingerprint density at radius 1 is 1.32 bits per heavy atom. The molecular weight excluding hydrogens is 322 g/mol. The Bertz CT molecular complexity index is 701. The van der Waals surface area contributed by atoms with Crippen molar-refractivity contribution in [1.29, 1.82) is 0 Å². The maximum absolute atomic E-state index is 12.7. The van der Waals surface area contributed by atoms with Crippen molar-refractivity contribution < 1.29 is 23.8 Å². The number of carbonyl (C=O) groups excluding carboxylic acids is 1. The summed E-state index contributed by atoms with van der Waals surface area (Å²) in [5, 5.41) is 1.88. The topological polar surface area (TPSA) is 57.2 Å². The van der Waals surface area contributed by atoms with E-state index in [0.717, 1.165) is 17.5 Å². The Morgan fingerprint density at radius 2 is 2.00 bits per heavy atom. The molecule has 1 fully saturated rings. The molecule has 0 N–H and O–H groups in total. The minimum atomic E-state index is -0.642. The highest BCUT2D eigenvalue weighted by Gasteiger charge is 2.59. The summed E-state index contributed by atoms with van der Waals surface area (Å²) in [6.45, 7) is 8.83. The minimum Gasteiger partial charge on any atom is -0.493 e. The zero-order valence-corrected chi connectivity index (χ0v) is 15.3. The number of benzene rings is 1. The van der Waals surface area contributed by atoms with Gasteiger partial charge in [-0.25, -0.2) is 0 Å². The smallest absolute Gasteiger partial charge is 0.319 e. The number of hydrogen-bond acceptors (Lipinski definition) is 6. The maximum Gasteiger partial charge on any atom is 0.319 e. The largest absolute Gasteiger partial charge is 0.493 e. The first-order chi connectivity index (χ1) is 12.0. The molecular formula is C19H25NO5. The van der Waals surface area contributed by atoms with E-state index in [4.69, 9.17) is 19.0 Å². The Labute approximate surface area is 148 Å². The van der Waals surface area contributed by atoms with Gasteiger partial charge in [-0.05, 0) is 43.0 Å². The lowest BCUT2D eigenvalue weighted by molar-refractivity contribution is -0.166. The molecule has 0 amide bonds. The molecule has 2 atom stereocenters. The van der Waals surface area contributed by atoms with E-state index in [1.807, 2.05) is 24.1 Å². The highest BCUT2D eigenvalue weighted by Crippen LogP contribution is 2.54. The molecule has 6 heteroatoms. The quantitative estimate of drug-likeness (QED) is 0.764. The van der Waals surface area contributed by atoms with Gasteiger partial charge in [0.1, 0.15) is 17.2 Å². The Morgan fingerprint density at radius 3 is 2.60 bits per heavy atom. The predicted octanol–water partition coefficient (Wildman–Crippen LogP) is 2.81. The summed E-state index contributed by atoms with van der Waals surface area (Å²) in [4.78, 5) is 18.6. The molecule has 2 heterocycles. The van der Waals surface area contributed by atoms with Crippen LogP contribution in [0.4, 0.5) is 0 Å². The van der Waals surface area contributed by atoms with E-state index in [9.17, 15) is 4.79 Å². The first kappa shape index (κ1) is 17.6. The van der Waals surface area contributed by atoms with Crippen LogP contribution >= 0.6 is 0 Å². The van der Waals surface area contributed by atoms with Crippen molar-refractivity contribution >= 4 is 5.97 Å². The Balaban J connectivity index is 2.20. The van der Waals surface area contributed by atoms with Gasteiger partial charge < -0.3 is 19.0 Å². The summed E-state index contributed by atoms with van der Waals surface area (Å²) in [5.41, 5.74) is 1.50. The van der Waals surface area contributed by atoms with E-state index < -0.39 is 11.5 Å². The molecule has 0 spiro atoms. The van der Waals surface area contributed by atoms with Crippen LogP contribution in [0.2, 0.25) is 0 Å². The van der Waals surface area contributed by atoms with Crippen LogP contribution in [0.5, 0.6) is 11.5 Å². The molecule has 2 aliphatic heterocycles. The van der Waals surface area contributed by atoms with Crippen molar-refractivity contribution in [3.8, 4) is 11.5 Å². The second kappa shape index (κ2) is 6.59. The van der Waals surface area contributed by atoms with E-state index in [2.05, 4.69) is 6.58 Å². The van der Waals surface area contributed by atoms with Crippen LogP contribution < -0.4 is 9.47 Å². The van der Waals surface area contributed by atoms with Crippen LogP contribution in [0.1, 0.15) is 31.4 Å². The highest BCUT2D eigenvalue weighted by atomic mass is 16.7. The van der Waals surface area contributed by atoms with Crippen molar-refractivity contribution in [1.82, 2.24) is 5.06 Å². The van der Waals surface area contributed by atoms with Gasteiger partial charge >= 0.3 is 5.97 Å². The Kier molecular flexibility index (Phi) is 4.64. The SMILES string of the molecule is C=C1ON2CCc3cc(OC)c(OC)cc3C2(CC)C1C(=O)OCC. The number of rotatable bonds is 5. The third-order valence-electron chi connectivity index (χ3n) is 5.19. The lowest BCUT2D eigenvalue weighted by Crippen LogP contribution is -2.51. The van der Waals surface area contributed by atoms with Crippen molar-refractivity contribution in [3.05, 3.63) is 35.6 Å². The third-order valence-corrected chi connectivity index (χ3v) is 5.19. The first-order valence-corrected chi connectivity index (χ1v) is 8.59. The lowest BCUT2D eigenvalue weighted by Gasteiger charge is -2.42. The molecule has 1 aromatic rings. The van der Waals surface area contributed by atoms with Crippen molar-refractivity contribution in [2.45, 2.75) is 32.2 Å². The number of carbonyl (C=O) groups is 1. The van der Waals surface area contributed by atoms with E-state index in [1.54, 1.807) is 21.1 Å². The van der Waals surface area contributed by atoms with E-state index in [1.165, 1.54) is 0 Å². The van der Waals surface area contributed by atoms with Crippen LogP contribution in [-0.4, -0.2) is 38.4 Å². The fraction of sp³-hybridized carbons (Fsp3) is 0.526. The van der Waals surface area contributed by atoms with Gasteiger partial charge in [0.2, 0.25) is 0 Å². The van der Waals surface area contributed by atoms with Crippen molar-refractivity contribution in [3.63, 3.8) is 0 Å². The van der Waals surface area contributed by atoms with Crippen LogP contribution in [0, 0.1) is 5.92 Å². The summed E-state index contributed by atoms with van der Waals surface area (Å²) in [6.07, 6.45) is 1.47. The number of methoxy groups -OCH3 is 2. The normalized spacial score (nSPS) is 25.0. The molecule has 1 saturated heterocycles. The fourth-order valence-corrected chi connectivity index (χ4v) is 4.10. The number of esters is 1. The zero-order valence-electron chi connectivity index (χ0n) is 15.3. The van der Waals surface area contributed by atoms with Gasteiger partial charge in [-0.2, -0.15) is 0 Å². The van der Waals surface area contributed by atoms with E-state index in [-0.39, 0.29) is 5.97 Å².